The predicted octanol–water partition coefficient (Wildman–Crippen LogP) is 4.56. The van der Waals surface area contributed by atoms with Crippen LogP contribution >= 0.6 is 0 Å². The molecule has 35 heavy (non-hydrogen) atoms. The number of pyridine rings is 2. The van der Waals surface area contributed by atoms with Crippen molar-refractivity contribution in [3.05, 3.63) is 53.0 Å². The van der Waals surface area contributed by atoms with E-state index in [9.17, 15) is 4.79 Å². The number of aromatic nitrogens is 2. The molecule has 0 bridgehead atoms. The molecular formula is C29H38N4O2. The lowest BCUT2D eigenvalue weighted by Crippen LogP contribution is -2.23. The van der Waals surface area contributed by atoms with E-state index in [-0.39, 0.29) is 0 Å². The maximum atomic E-state index is 10.6. The Labute approximate surface area is 209 Å². The van der Waals surface area contributed by atoms with Crippen molar-refractivity contribution in [1.29, 1.82) is 0 Å². The minimum absolute atomic E-state index is 0.488. The molecule has 2 aromatic rings. The Balaban J connectivity index is 0.000000145. The quantitative estimate of drug-likeness (QED) is 0.413. The molecule has 0 radical (unpaired) electrons. The highest BCUT2D eigenvalue weighted by Crippen LogP contribution is 2.46. The second-order valence-corrected chi connectivity index (χ2v) is 10.4. The van der Waals surface area contributed by atoms with Crippen LogP contribution in [0, 0.1) is 23.7 Å². The molecule has 4 fully saturated rings. The van der Waals surface area contributed by atoms with Crippen LogP contribution in [0.5, 0.6) is 0 Å². The van der Waals surface area contributed by atoms with Crippen molar-refractivity contribution in [2.45, 2.75) is 46.0 Å². The van der Waals surface area contributed by atoms with Crippen molar-refractivity contribution in [3.63, 3.8) is 0 Å². The molecular weight excluding hydrogens is 436 g/mol. The van der Waals surface area contributed by atoms with Gasteiger partial charge in [-0.3, -0.25) is 0 Å². The molecule has 6 rings (SSSR count). The van der Waals surface area contributed by atoms with Crippen LogP contribution in [0.4, 0.5) is 11.6 Å². The predicted molar refractivity (Wildman–Crippen MR) is 141 cm³/mol. The monoisotopic (exact) mass is 474 g/mol. The molecule has 186 valence electrons. The normalized spacial score (nSPS) is 25.7. The summed E-state index contributed by atoms with van der Waals surface area (Å²) in [4.78, 5) is 24.9. The van der Waals surface area contributed by atoms with E-state index in [0.717, 1.165) is 76.9 Å². The van der Waals surface area contributed by atoms with Gasteiger partial charge in [0.2, 0.25) is 0 Å². The van der Waals surface area contributed by atoms with E-state index in [4.69, 9.17) is 14.7 Å². The van der Waals surface area contributed by atoms with Gasteiger partial charge in [-0.05, 0) is 84.8 Å². The number of carbonyl (C=O) groups is 1. The molecule has 4 unspecified atom stereocenters. The summed E-state index contributed by atoms with van der Waals surface area (Å²) in [5.41, 5.74) is 4.47. The summed E-state index contributed by atoms with van der Waals surface area (Å²) < 4.78 is 4.98. The first-order chi connectivity index (χ1) is 17.1. The van der Waals surface area contributed by atoms with Crippen LogP contribution in [0.3, 0.4) is 0 Å². The van der Waals surface area contributed by atoms with Gasteiger partial charge in [0.25, 0.3) is 0 Å². The van der Waals surface area contributed by atoms with E-state index in [1.54, 1.807) is 13.4 Å². The van der Waals surface area contributed by atoms with Crippen molar-refractivity contribution in [2.24, 2.45) is 23.7 Å². The minimum atomic E-state index is 0.488. The van der Waals surface area contributed by atoms with E-state index >= 15 is 0 Å². The van der Waals surface area contributed by atoms with E-state index in [2.05, 4.69) is 47.9 Å². The van der Waals surface area contributed by atoms with Gasteiger partial charge in [0, 0.05) is 44.0 Å². The average Bonchev–Trinajstić information content (AvgIpc) is 3.73. The van der Waals surface area contributed by atoms with Gasteiger partial charge >= 0.3 is 0 Å². The molecule has 6 heteroatoms. The van der Waals surface area contributed by atoms with E-state index < -0.39 is 0 Å². The molecule has 0 amide bonds. The van der Waals surface area contributed by atoms with Crippen molar-refractivity contribution in [1.82, 2.24) is 9.97 Å². The highest BCUT2D eigenvalue weighted by atomic mass is 16.5. The number of piperidine rings is 2. The zero-order valence-electron chi connectivity index (χ0n) is 21.3. The highest BCUT2D eigenvalue weighted by Gasteiger charge is 2.46. The number of anilines is 2. The Morgan fingerprint density at radius 2 is 1.40 bits per heavy atom. The van der Waals surface area contributed by atoms with Crippen LogP contribution in [0.1, 0.15) is 49.2 Å². The first-order valence-electron chi connectivity index (χ1n) is 13.2. The molecule has 4 atom stereocenters. The molecule has 2 aliphatic heterocycles. The molecule has 0 spiro atoms. The molecule has 2 saturated carbocycles. The highest BCUT2D eigenvalue weighted by molar-refractivity contribution is 5.57. The smallest absolute Gasteiger partial charge is 0.128 e. The van der Waals surface area contributed by atoms with Gasteiger partial charge in [-0.1, -0.05) is 19.9 Å². The van der Waals surface area contributed by atoms with Gasteiger partial charge in [0.15, 0.2) is 0 Å². The summed E-state index contributed by atoms with van der Waals surface area (Å²) in [6.45, 7) is 9.00. The van der Waals surface area contributed by atoms with Gasteiger partial charge in [-0.15, -0.1) is 0 Å². The minimum Gasteiger partial charge on any atom is -0.504 e. The molecule has 0 aromatic carbocycles. The number of methoxy groups -OCH3 is 1. The Hall–Kier alpha value is -2.89. The third-order valence-corrected chi connectivity index (χ3v) is 8.01. The first kappa shape index (κ1) is 23.8. The molecule has 4 aliphatic rings. The van der Waals surface area contributed by atoms with Crippen LogP contribution in [-0.2, 0) is 28.8 Å². The molecule has 4 heterocycles. The summed E-state index contributed by atoms with van der Waals surface area (Å²) in [5, 5.41) is 0. The maximum absolute atomic E-state index is 10.6. The van der Waals surface area contributed by atoms with E-state index in [1.165, 1.54) is 39.0 Å². The van der Waals surface area contributed by atoms with Crippen LogP contribution < -0.4 is 9.80 Å². The fraction of sp³-hybridized carbons (Fsp3) is 0.552. The standard InChI is InChI=1S/C15H20N2O.C14H18N2O/c1-3-14-11(6-7-18-2)4-5-15(16-14)17-9-12-8-13(12)10-17;1-2-13-10(5-6-17)3-4-14(15-13)16-8-11-7-12(11)9-16/h4-7,12-13H,3,8-10H2,1-2H3;3-4,6,11-12H,2,5,7-9H2,1H3. The zero-order chi connectivity index (χ0) is 24.4. The van der Waals surface area contributed by atoms with E-state index in [1.807, 2.05) is 6.08 Å². The second-order valence-electron chi connectivity index (χ2n) is 10.4. The third kappa shape index (κ3) is 5.36. The number of nitrogens with zero attached hydrogens (tertiary/aromatic N) is 4. The SMILES string of the molecule is CCc1nc(N2CC3CC3C2)ccc1C=COC.CCc1nc(N2CC3CC3C2)ccc1CC=O. The Morgan fingerprint density at radius 3 is 1.91 bits per heavy atom. The number of fused-ring (bicyclic) bond motifs is 2. The fourth-order valence-electron chi connectivity index (χ4n) is 5.70. The Morgan fingerprint density at radius 1 is 0.857 bits per heavy atom. The van der Waals surface area contributed by atoms with Crippen LogP contribution in [-0.4, -0.2) is 49.5 Å². The maximum Gasteiger partial charge on any atom is 0.128 e. The summed E-state index contributed by atoms with van der Waals surface area (Å²) in [7, 11) is 1.67. The number of rotatable bonds is 8. The van der Waals surface area contributed by atoms with Crippen molar-refractivity contribution < 1.29 is 9.53 Å². The molecule has 6 nitrogen and oxygen atoms in total. The summed E-state index contributed by atoms with van der Waals surface area (Å²) in [5.74, 6) is 6.00. The van der Waals surface area contributed by atoms with Gasteiger partial charge in [0.1, 0.15) is 17.9 Å². The summed E-state index contributed by atoms with van der Waals surface area (Å²) in [6, 6.07) is 8.43. The van der Waals surface area contributed by atoms with Crippen LogP contribution in [0.15, 0.2) is 30.5 Å². The average molecular weight is 475 g/mol. The van der Waals surface area contributed by atoms with Crippen molar-refractivity contribution >= 4 is 24.0 Å². The Kier molecular flexibility index (Phi) is 7.07. The number of hydrogen-bond acceptors (Lipinski definition) is 6. The molecule has 0 N–H and O–H groups in total. The lowest BCUT2D eigenvalue weighted by atomic mass is 10.1. The number of hydrogen-bond donors (Lipinski definition) is 0. The number of ether oxygens (including phenoxy) is 1. The number of aryl methyl sites for hydroxylation is 2. The van der Waals surface area contributed by atoms with E-state index in [0.29, 0.717) is 6.42 Å². The fourth-order valence-corrected chi connectivity index (χ4v) is 5.70. The number of aldehydes is 1. The van der Waals surface area contributed by atoms with Crippen molar-refractivity contribution in [3.8, 4) is 0 Å². The Bertz CT molecular complexity index is 1060. The van der Waals surface area contributed by atoms with Crippen LogP contribution in [0.25, 0.3) is 6.08 Å². The topological polar surface area (TPSA) is 58.6 Å². The third-order valence-electron chi connectivity index (χ3n) is 8.01. The second kappa shape index (κ2) is 10.4. The summed E-state index contributed by atoms with van der Waals surface area (Å²) in [6.07, 6.45) is 9.85. The molecule has 2 aromatic heterocycles. The lowest BCUT2D eigenvalue weighted by Gasteiger charge is -2.20. The lowest BCUT2D eigenvalue weighted by molar-refractivity contribution is -0.107. The first-order valence-corrected chi connectivity index (χ1v) is 13.2. The van der Waals surface area contributed by atoms with Crippen LogP contribution in [0.2, 0.25) is 0 Å². The van der Waals surface area contributed by atoms with Gasteiger partial charge in [-0.2, -0.15) is 0 Å². The molecule has 2 aliphatic carbocycles. The molecule has 2 saturated heterocycles. The number of carbonyl (C=O) groups excluding carboxylic acids is 1. The summed E-state index contributed by atoms with van der Waals surface area (Å²) >= 11 is 0. The van der Waals surface area contributed by atoms with Crippen molar-refractivity contribution in [2.75, 3.05) is 43.1 Å². The van der Waals surface area contributed by atoms with Gasteiger partial charge in [-0.25, -0.2) is 9.97 Å². The van der Waals surface area contributed by atoms with Gasteiger partial charge in [0.05, 0.1) is 13.4 Å². The van der Waals surface area contributed by atoms with Gasteiger partial charge < -0.3 is 19.3 Å². The largest absolute Gasteiger partial charge is 0.504 e. The zero-order valence-corrected chi connectivity index (χ0v) is 21.3.